The Balaban J connectivity index is 2.66. The van der Waals surface area contributed by atoms with Crippen molar-refractivity contribution in [2.45, 2.75) is 25.8 Å². The summed E-state index contributed by atoms with van der Waals surface area (Å²) in [7, 11) is 3.73. The van der Waals surface area contributed by atoms with Crippen LogP contribution in [0.4, 0.5) is 5.69 Å². The van der Waals surface area contributed by atoms with Gasteiger partial charge in [-0.15, -0.1) is 0 Å². The van der Waals surface area contributed by atoms with Crippen molar-refractivity contribution in [3.8, 4) is 5.75 Å². The van der Waals surface area contributed by atoms with E-state index in [9.17, 15) is 5.11 Å². The Labute approximate surface area is 116 Å². The normalized spacial score (nSPS) is 13.9. The quantitative estimate of drug-likeness (QED) is 0.754. The molecule has 0 saturated carbocycles. The highest BCUT2D eigenvalue weighted by atomic mass is 16.5. The molecule has 0 bridgehead atoms. The van der Waals surface area contributed by atoms with Gasteiger partial charge in [-0.1, -0.05) is 19.1 Å². The lowest BCUT2D eigenvalue weighted by Gasteiger charge is -2.31. The first-order valence-corrected chi connectivity index (χ1v) is 6.76. The highest BCUT2D eigenvalue weighted by Crippen LogP contribution is 2.27. The Morgan fingerprint density at radius 1 is 1.37 bits per heavy atom. The van der Waals surface area contributed by atoms with Crippen molar-refractivity contribution in [3.05, 3.63) is 24.3 Å². The zero-order valence-electron chi connectivity index (χ0n) is 12.4. The molecule has 0 aromatic heterocycles. The van der Waals surface area contributed by atoms with Crippen LogP contribution in [0.15, 0.2) is 24.3 Å². The number of likely N-dealkylation sites (N-methyl/N-ethyl adjacent to an activating group) is 1. The van der Waals surface area contributed by atoms with Gasteiger partial charge in [0.05, 0.1) is 19.4 Å². The van der Waals surface area contributed by atoms with Crippen LogP contribution in [0.1, 0.15) is 20.3 Å². The molecule has 1 aromatic carbocycles. The van der Waals surface area contributed by atoms with Gasteiger partial charge in [0.2, 0.25) is 0 Å². The molecule has 0 aliphatic rings. The van der Waals surface area contributed by atoms with Crippen LogP contribution in [0.25, 0.3) is 0 Å². The van der Waals surface area contributed by atoms with Gasteiger partial charge in [-0.25, -0.2) is 0 Å². The Morgan fingerprint density at radius 2 is 2.05 bits per heavy atom. The van der Waals surface area contributed by atoms with Crippen LogP contribution < -0.4 is 15.0 Å². The fourth-order valence-electron chi connectivity index (χ4n) is 2.13. The van der Waals surface area contributed by atoms with Crippen LogP contribution in [0, 0.1) is 0 Å². The third-order valence-corrected chi connectivity index (χ3v) is 3.45. The average molecular weight is 266 g/mol. The zero-order chi connectivity index (χ0) is 14.3. The molecule has 1 atom stereocenters. The molecule has 0 heterocycles. The number of nitrogens with zero attached hydrogens (tertiary/aromatic N) is 1. The molecule has 1 rings (SSSR count). The summed E-state index contributed by atoms with van der Waals surface area (Å²) in [5.41, 5.74) is 0.840. The summed E-state index contributed by atoms with van der Waals surface area (Å²) in [5, 5.41) is 12.8. The van der Waals surface area contributed by atoms with Gasteiger partial charge in [0.1, 0.15) is 5.75 Å². The van der Waals surface area contributed by atoms with Crippen LogP contribution in [-0.4, -0.2) is 44.5 Å². The largest absolute Gasteiger partial charge is 0.495 e. The summed E-state index contributed by atoms with van der Waals surface area (Å²) in [6.45, 7) is 5.95. The van der Waals surface area contributed by atoms with Gasteiger partial charge in [-0.05, 0) is 32.0 Å². The molecule has 4 nitrogen and oxygen atoms in total. The van der Waals surface area contributed by atoms with Crippen molar-refractivity contribution in [2.24, 2.45) is 0 Å². The van der Waals surface area contributed by atoms with E-state index in [1.807, 2.05) is 38.2 Å². The van der Waals surface area contributed by atoms with Gasteiger partial charge in [-0.3, -0.25) is 0 Å². The third-order valence-electron chi connectivity index (χ3n) is 3.45. The van der Waals surface area contributed by atoms with Crippen molar-refractivity contribution < 1.29 is 9.84 Å². The highest BCUT2D eigenvalue weighted by molar-refractivity contribution is 5.57. The molecule has 4 heteroatoms. The maximum Gasteiger partial charge on any atom is 0.142 e. The first-order valence-electron chi connectivity index (χ1n) is 6.76. The van der Waals surface area contributed by atoms with Crippen molar-refractivity contribution in [1.29, 1.82) is 0 Å². The van der Waals surface area contributed by atoms with Crippen LogP contribution >= 0.6 is 0 Å². The van der Waals surface area contributed by atoms with Crippen molar-refractivity contribution >= 4 is 5.69 Å². The zero-order valence-corrected chi connectivity index (χ0v) is 12.4. The molecule has 0 spiro atoms. The fourth-order valence-corrected chi connectivity index (χ4v) is 2.13. The number of aliphatic hydroxyl groups is 1. The highest BCUT2D eigenvalue weighted by Gasteiger charge is 2.22. The van der Waals surface area contributed by atoms with Gasteiger partial charge in [-0.2, -0.15) is 0 Å². The lowest BCUT2D eigenvalue weighted by atomic mass is 9.98. The molecule has 0 aliphatic heterocycles. The number of hydrogen-bond donors (Lipinski definition) is 2. The van der Waals surface area contributed by atoms with E-state index in [1.54, 1.807) is 7.11 Å². The van der Waals surface area contributed by atoms with Gasteiger partial charge < -0.3 is 20.1 Å². The summed E-state index contributed by atoms with van der Waals surface area (Å²) in [5.74, 6) is 0.874. The smallest absolute Gasteiger partial charge is 0.142 e. The van der Waals surface area contributed by atoms with Crippen LogP contribution in [0.5, 0.6) is 5.75 Å². The summed E-state index contributed by atoms with van der Waals surface area (Å²) in [6, 6.07) is 7.97. The molecule has 108 valence electrons. The second-order valence-corrected chi connectivity index (χ2v) is 5.09. The van der Waals surface area contributed by atoms with Gasteiger partial charge in [0, 0.05) is 19.1 Å². The van der Waals surface area contributed by atoms with Crippen molar-refractivity contribution in [2.75, 3.05) is 38.8 Å². The number of hydrogen-bond acceptors (Lipinski definition) is 4. The van der Waals surface area contributed by atoms with E-state index < -0.39 is 0 Å². The molecule has 0 fully saturated rings. The number of anilines is 1. The van der Waals surface area contributed by atoms with Gasteiger partial charge in [0.25, 0.3) is 0 Å². The second-order valence-electron chi connectivity index (χ2n) is 5.09. The summed E-state index contributed by atoms with van der Waals surface area (Å²) < 4.78 is 5.37. The standard InChI is InChI=1S/C15H26N2O2/c1-5-16-15(2,12-18)10-11-17(3)13-8-6-7-9-14(13)19-4/h6-9,16,18H,5,10-12H2,1-4H3. The number of nitrogens with one attached hydrogen (secondary N) is 1. The molecule has 0 radical (unpaired) electrons. The predicted molar refractivity (Wildman–Crippen MR) is 80.0 cm³/mol. The van der Waals surface area contributed by atoms with E-state index in [4.69, 9.17) is 4.74 Å². The topological polar surface area (TPSA) is 44.7 Å². The Bertz CT molecular complexity index is 384. The molecule has 0 aliphatic carbocycles. The molecular weight excluding hydrogens is 240 g/mol. The number of aliphatic hydroxyl groups excluding tert-OH is 1. The van der Waals surface area contributed by atoms with Crippen LogP contribution in [0.2, 0.25) is 0 Å². The molecule has 1 unspecified atom stereocenters. The fraction of sp³-hybridized carbons (Fsp3) is 0.600. The summed E-state index contributed by atoms with van der Waals surface area (Å²) in [4.78, 5) is 2.16. The Kier molecular flexibility index (Phi) is 6.12. The van der Waals surface area contributed by atoms with Crippen LogP contribution in [0.3, 0.4) is 0 Å². The van der Waals surface area contributed by atoms with Gasteiger partial charge >= 0.3 is 0 Å². The lowest BCUT2D eigenvalue weighted by molar-refractivity contribution is 0.169. The third kappa shape index (κ3) is 4.40. The Morgan fingerprint density at radius 3 is 2.63 bits per heavy atom. The lowest BCUT2D eigenvalue weighted by Crippen LogP contribution is -2.47. The molecule has 19 heavy (non-hydrogen) atoms. The summed E-state index contributed by atoms with van der Waals surface area (Å²) in [6.07, 6.45) is 0.867. The molecular formula is C15H26N2O2. The minimum Gasteiger partial charge on any atom is -0.495 e. The maximum atomic E-state index is 9.49. The minimum absolute atomic E-state index is 0.139. The molecule has 1 aromatic rings. The monoisotopic (exact) mass is 266 g/mol. The molecule has 0 amide bonds. The van der Waals surface area contributed by atoms with Crippen LogP contribution in [-0.2, 0) is 0 Å². The van der Waals surface area contributed by atoms with E-state index in [0.29, 0.717) is 0 Å². The van der Waals surface area contributed by atoms with Crippen molar-refractivity contribution in [3.63, 3.8) is 0 Å². The molecule has 0 saturated heterocycles. The number of para-hydroxylation sites is 2. The second kappa shape index (κ2) is 7.36. The first kappa shape index (κ1) is 15.8. The van der Waals surface area contributed by atoms with Gasteiger partial charge in [0.15, 0.2) is 0 Å². The van der Waals surface area contributed by atoms with E-state index in [1.165, 1.54) is 0 Å². The first-order chi connectivity index (χ1) is 9.06. The maximum absolute atomic E-state index is 9.49. The van der Waals surface area contributed by atoms with E-state index in [0.717, 1.165) is 30.9 Å². The number of methoxy groups -OCH3 is 1. The van der Waals surface area contributed by atoms with E-state index in [-0.39, 0.29) is 12.1 Å². The predicted octanol–water partition coefficient (Wildman–Crippen LogP) is 1.88. The number of ether oxygens (including phenoxy) is 1. The van der Waals surface area contributed by atoms with E-state index in [2.05, 4.69) is 17.1 Å². The Hall–Kier alpha value is -1.26. The summed E-state index contributed by atoms with van der Waals surface area (Å²) >= 11 is 0. The van der Waals surface area contributed by atoms with E-state index >= 15 is 0 Å². The average Bonchev–Trinajstić information content (AvgIpc) is 2.45. The van der Waals surface area contributed by atoms with Crippen molar-refractivity contribution in [1.82, 2.24) is 5.32 Å². The number of benzene rings is 1. The number of rotatable bonds is 8. The SMILES string of the molecule is CCNC(C)(CO)CCN(C)c1ccccc1OC. The minimum atomic E-state index is -0.231. The molecule has 2 N–H and O–H groups in total.